The predicted octanol–water partition coefficient (Wildman–Crippen LogP) is 0.448. The number of likely N-dealkylation sites (N-methyl/N-ethyl adjacent to an activating group) is 1. The molecule has 2 amide bonds. The summed E-state index contributed by atoms with van der Waals surface area (Å²) in [4.78, 5) is 30.7. The van der Waals surface area contributed by atoms with Crippen molar-refractivity contribution < 1.29 is 22.7 Å². The smallest absolute Gasteiger partial charge is 0.264 e. The van der Waals surface area contributed by atoms with Crippen molar-refractivity contribution in [1.82, 2.24) is 14.9 Å². The zero-order chi connectivity index (χ0) is 26.3. The summed E-state index contributed by atoms with van der Waals surface area (Å²) in [5, 5.41) is 2.75. The summed E-state index contributed by atoms with van der Waals surface area (Å²) in [5.74, 6) is -0.0595. The predicted molar refractivity (Wildman–Crippen MR) is 135 cm³/mol. The van der Waals surface area contributed by atoms with E-state index in [2.05, 4.69) is 15.0 Å². The number of hydrogen-bond acceptors (Lipinski definition) is 7. The molecule has 0 aliphatic carbocycles. The van der Waals surface area contributed by atoms with Crippen LogP contribution in [-0.2, 0) is 19.6 Å². The van der Waals surface area contributed by atoms with Gasteiger partial charge in [0.2, 0.25) is 17.8 Å². The molecule has 0 aromatic heterocycles. The Hall–Kier alpha value is -2.86. The number of likely N-dealkylation sites (tertiary alicyclic amines) is 1. The highest BCUT2D eigenvalue weighted by Crippen LogP contribution is 2.30. The molecule has 35 heavy (non-hydrogen) atoms. The monoisotopic (exact) mass is 510 g/mol. The first-order chi connectivity index (χ1) is 16.4. The molecule has 0 saturated carbocycles. The fourth-order valence-electron chi connectivity index (χ4n) is 4.31. The number of carbonyl (C=O) groups is 2. The van der Waals surface area contributed by atoms with Crippen LogP contribution in [0.1, 0.15) is 49.3 Å². The second-order valence-corrected chi connectivity index (χ2v) is 10.3. The number of guanidine groups is 1. The average Bonchev–Trinajstić information content (AvgIpc) is 3.28. The van der Waals surface area contributed by atoms with Gasteiger partial charge >= 0.3 is 0 Å². The quantitative estimate of drug-likeness (QED) is 0.201. The van der Waals surface area contributed by atoms with E-state index in [4.69, 9.17) is 16.2 Å². The summed E-state index contributed by atoms with van der Waals surface area (Å²) in [5.41, 5.74) is 13.7. The molecule has 6 N–H and O–H groups in total. The molecule has 0 bridgehead atoms. The standard InChI is InChI=1S/C23H38N6O5S/c1-6-26-21(30)18-10-8-12-29(18)22(31)17(24)9-7-11-27-23(25)28-35(32,33)20-14(2)13-19(34-5)15(3)16(20)4/h13,17-18H,6-12,24H2,1-5H3,(H,26,30)(H3,25,27,28)/t17-,18-/m0/s1. The van der Waals surface area contributed by atoms with Gasteiger partial charge in [-0.25, -0.2) is 13.1 Å². The van der Waals surface area contributed by atoms with E-state index >= 15 is 0 Å². The number of nitrogens with one attached hydrogen (secondary N) is 2. The third-order valence-corrected chi connectivity index (χ3v) is 7.81. The average molecular weight is 511 g/mol. The van der Waals surface area contributed by atoms with Crippen LogP contribution in [0.5, 0.6) is 5.75 Å². The fraction of sp³-hybridized carbons (Fsp3) is 0.609. The number of ether oxygens (including phenoxy) is 1. The van der Waals surface area contributed by atoms with Gasteiger partial charge in [-0.15, -0.1) is 0 Å². The van der Waals surface area contributed by atoms with E-state index in [1.54, 1.807) is 31.7 Å². The summed E-state index contributed by atoms with van der Waals surface area (Å²) >= 11 is 0. The Morgan fingerprint density at radius 2 is 1.97 bits per heavy atom. The molecule has 1 aliphatic rings. The van der Waals surface area contributed by atoms with Crippen molar-refractivity contribution >= 4 is 27.8 Å². The number of nitrogens with zero attached hydrogens (tertiary/aromatic N) is 2. The van der Waals surface area contributed by atoms with Gasteiger partial charge in [-0.2, -0.15) is 0 Å². The Balaban J connectivity index is 1.95. The lowest BCUT2D eigenvalue weighted by Crippen LogP contribution is -2.51. The van der Waals surface area contributed by atoms with E-state index in [1.165, 1.54) is 7.11 Å². The molecule has 1 fully saturated rings. The van der Waals surface area contributed by atoms with Crippen LogP contribution in [0, 0.1) is 20.8 Å². The van der Waals surface area contributed by atoms with Crippen LogP contribution < -0.4 is 26.2 Å². The van der Waals surface area contributed by atoms with Gasteiger partial charge in [0, 0.05) is 19.6 Å². The highest BCUT2D eigenvalue weighted by atomic mass is 32.2. The molecule has 11 nitrogen and oxygen atoms in total. The molecule has 2 atom stereocenters. The molecular weight excluding hydrogens is 472 g/mol. The van der Waals surface area contributed by atoms with Crippen molar-refractivity contribution in [3.8, 4) is 5.75 Å². The third-order valence-electron chi connectivity index (χ3n) is 6.17. The summed E-state index contributed by atoms with van der Waals surface area (Å²) in [6.45, 7) is 8.21. The lowest BCUT2D eigenvalue weighted by molar-refractivity contribution is -0.139. The van der Waals surface area contributed by atoms with E-state index in [0.717, 1.165) is 12.0 Å². The summed E-state index contributed by atoms with van der Waals surface area (Å²) < 4.78 is 33.5. The molecule has 1 aromatic rings. The molecule has 2 rings (SSSR count). The van der Waals surface area contributed by atoms with E-state index < -0.39 is 22.1 Å². The third kappa shape index (κ3) is 6.85. The normalized spacial score (nSPS) is 17.3. The molecule has 1 heterocycles. The zero-order valence-corrected chi connectivity index (χ0v) is 22.0. The molecule has 1 saturated heterocycles. The van der Waals surface area contributed by atoms with E-state index in [0.29, 0.717) is 49.2 Å². The number of carbonyl (C=O) groups excluding carboxylic acids is 2. The maximum Gasteiger partial charge on any atom is 0.264 e. The van der Waals surface area contributed by atoms with Crippen molar-refractivity contribution in [2.45, 2.75) is 70.4 Å². The summed E-state index contributed by atoms with van der Waals surface area (Å²) in [6.07, 6.45) is 2.14. The highest BCUT2D eigenvalue weighted by molar-refractivity contribution is 7.90. The van der Waals surface area contributed by atoms with Gasteiger partial charge in [0.25, 0.3) is 10.0 Å². The highest BCUT2D eigenvalue weighted by Gasteiger charge is 2.35. The maximum absolute atomic E-state index is 12.9. The second kappa shape index (κ2) is 12.2. The van der Waals surface area contributed by atoms with Gasteiger partial charge in [0.1, 0.15) is 11.8 Å². The van der Waals surface area contributed by atoms with Crippen molar-refractivity contribution in [1.29, 1.82) is 0 Å². The van der Waals surface area contributed by atoms with Crippen molar-refractivity contribution in [2.75, 3.05) is 26.7 Å². The molecule has 0 unspecified atom stereocenters. The first kappa shape index (κ1) is 28.4. The fourth-order valence-corrected chi connectivity index (χ4v) is 5.79. The van der Waals surface area contributed by atoms with Crippen LogP contribution in [0.15, 0.2) is 16.0 Å². The van der Waals surface area contributed by atoms with Crippen LogP contribution in [-0.4, -0.2) is 69.9 Å². The number of methoxy groups -OCH3 is 1. The number of nitrogens with two attached hydrogens (primary N) is 2. The molecule has 1 aliphatic heterocycles. The molecular formula is C23H38N6O5S. The minimum Gasteiger partial charge on any atom is -0.496 e. The minimum atomic E-state index is -3.95. The van der Waals surface area contributed by atoms with Crippen LogP contribution in [0.4, 0.5) is 0 Å². The Morgan fingerprint density at radius 3 is 2.60 bits per heavy atom. The second-order valence-electron chi connectivity index (χ2n) is 8.68. The van der Waals surface area contributed by atoms with E-state index in [9.17, 15) is 18.0 Å². The van der Waals surface area contributed by atoms with Crippen LogP contribution in [0.25, 0.3) is 0 Å². The molecule has 0 radical (unpaired) electrons. The first-order valence-electron chi connectivity index (χ1n) is 11.8. The number of aryl methyl sites for hydroxylation is 1. The van der Waals surface area contributed by atoms with E-state index in [1.807, 2.05) is 6.92 Å². The first-order valence-corrected chi connectivity index (χ1v) is 13.2. The maximum atomic E-state index is 12.9. The summed E-state index contributed by atoms with van der Waals surface area (Å²) in [7, 11) is -2.42. The molecule has 196 valence electrons. The number of benzene rings is 1. The number of sulfonamides is 1. The van der Waals surface area contributed by atoms with Crippen LogP contribution >= 0.6 is 0 Å². The molecule has 0 spiro atoms. The molecule has 1 aromatic carbocycles. The number of rotatable bonds is 10. The topological polar surface area (TPSA) is 169 Å². The van der Waals surface area contributed by atoms with Crippen molar-refractivity contribution in [3.63, 3.8) is 0 Å². The van der Waals surface area contributed by atoms with Crippen molar-refractivity contribution in [3.05, 3.63) is 22.8 Å². The SMILES string of the molecule is CCNC(=O)[C@@H]1CCCN1C(=O)[C@@H](N)CCCN=C(N)NS(=O)(=O)c1c(C)cc(OC)c(C)c1C. The lowest BCUT2D eigenvalue weighted by atomic mass is 10.1. The lowest BCUT2D eigenvalue weighted by Gasteiger charge is -2.26. The Labute approximate surface area is 207 Å². The summed E-state index contributed by atoms with van der Waals surface area (Å²) in [6, 6.07) is 0.412. The Kier molecular flexibility index (Phi) is 9.90. The molecule has 12 heteroatoms. The minimum absolute atomic E-state index is 0.133. The van der Waals surface area contributed by atoms with Crippen LogP contribution in [0.2, 0.25) is 0 Å². The largest absolute Gasteiger partial charge is 0.496 e. The van der Waals surface area contributed by atoms with Gasteiger partial charge in [0.15, 0.2) is 0 Å². The number of aliphatic imine (C=N–C) groups is 1. The van der Waals surface area contributed by atoms with Gasteiger partial charge in [-0.05, 0) is 76.1 Å². The van der Waals surface area contributed by atoms with Crippen molar-refractivity contribution in [2.24, 2.45) is 16.5 Å². The van der Waals surface area contributed by atoms with Gasteiger partial charge in [-0.1, -0.05) is 0 Å². The van der Waals surface area contributed by atoms with Gasteiger partial charge in [-0.3, -0.25) is 14.6 Å². The number of amides is 2. The Morgan fingerprint density at radius 1 is 1.29 bits per heavy atom. The van der Waals surface area contributed by atoms with Crippen LogP contribution in [0.3, 0.4) is 0 Å². The zero-order valence-electron chi connectivity index (χ0n) is 21.2. The number of hydrogen-bond donors (Lipinski definition) is 4. The van der Waals surface area contributed by atoms with Gasteiger partial charge < -0.3 is 26.4 Å². The van der Waals surface area contributed by atoms with E-state index in [-0.39, 0.29) is 29.2 Å². The van der Waals surface area contributed by atoms with Gasteiger partial charge in [0.05, 0.1) is 18.0 Å². The Bertz CT molecular complexity index is 1070.